The number of nitrogens with zero attached hydrogens (tertiary/aromatic N) is 2. The van der Waals surface area contributed by atoms with Crippen molar-refractivity contribution in [1.82, 2.24) is 4.98 Å². The van der Waals surface area contributed by atoms with Crippen LogP contribution in [0.15, 0.2) is 64.3 Å². The first-order valence-corrected chi connectivity index (χ1v) is 13.6. The van der Waals surface area contributed by atoms with E-state index in [1.165, 1.54) is 38.1 Å². The molecule has 1 amide bonds. The van der Waals surface area contributed by atoms with Crippen LogP contribution in [-0.4, -0.2) is 49.3 Å². The molecule has 3 heterocycles. The maximum Gasteiger partial charge on any atom is 0.259 e. The number of rotatable bonds is 4. The molecule has 2 atom stereocenters. The molecule has 1 aromatic heterocycles. The fourth-order valence-corrected chi connectivity index (χ4v) is 6.66. The van der Waals surface area contributed by atoms with Crippen LogP contribution in [0.25, 0.3) is 0 Å². The highest BCUT2D eigenvalue weighted by Gasteiger charge is 2.60. The van der Waals surface area contributed by atoms with E-state index in [0.29, 0.717) is 23.4 Å². The number of pyridine rings is 1. The third-order valence-corrected chi connectivity index (χ3v) is 8.89. The van der Waals surface area contributed by atoms with E-state index >= 15 is 0 Å². The Balaban J connectivity index is 1.31. The molecule has 0 radical (unpaired) electrons. The fourth-order valence-electron chi connectivity index (χ4n) is 5.38. The van der Waals surface area contributed by atoms with Crippen molar-refractivity contribution in [2.45, 2.75) is 28.9 Å². The highest BCUT2D eigenvalue weighted by Crippen LogP contribution is 2.53. The van der Waals surface area contributed by atoms with Crippen LogP contribution in [0.2, 0.25) is 5.02 Å². The quantitative estimate of drug-likeness (QED) is 0.407. The smallest absolute Gasteiger partial charge is 0.259 e. The largest absolute Gasteiger partial charge is 0.496 e. The summed E-state index contributed by atoms with van der Waals surface area (Å²) in [5, 5.41) is 4.12. The van der Waals surface area contributed by atoms with Gasteiger partial charge in [-0.1, -0.05) is 30.3 Å². The molecule has 0 saturated heterocycles. The molecule has 9 nitrogen and oxygen atoms in total. The van der Waals surface area contributed by atoms with Crippen molar-refractivity contribution in [3.05, 3.63) is 70.5 Å². The number of carbonyl (C=O) groups is 3. The van der Waals surface area contributed by atoms with Crippen molar-refractivity contribution in [2.24, 2.45) is 5.92 Å². The highest BCUT2D eigenvalue weighted by molar-refractivity contribution is 7.99. The van der Waals surface area contributed by atoms with Crippen molar-refractivity contribution in [3.63, 3.8) is 0 Å². The highest BCUT2D eigenvalue weighted by atomic mass is 35.5. The van der Waals surface area contributed by atoms with Crippen LogP contribution in [0.4, 0.5) is 11.4 Å². The van der Waals surface area contributed by atoms with E-state index in [1.807, 2.05) is 18.2 Å². The fraction of sp³-hybridized carbons (Fsp3) is 0.241. The van der Waals surface area contributed by atoms with Gasteiger partial charge in [0.1, 0.15) is 27.1 Å². The van der Waals surface area contributed by atoms with Crippen molar-refractivity contribution in [2.75, 3.05) is 31.5 Å². The van der Waals surface area contributed by atoms with Crippen molar-refractivity contribution >= 4 is 52.2 Å². The van der Waals surface area contributed by atoms with Gasteiger partial charge >= 0.3 is 0 Å². The number of hydrogen-bond donors (Lipinski definition) is 1. The second-order valence-corrected chi connectivity index (χ2v) is 11.1. The summed E-state index contributed by atoms with van der Waals surface area (Å²) in [5.74, 6) is -1.13. The minimum absolute atomic E-state index is 0.0780. The number of Topliss-reactive ketones (excluding diaryl/α,β-unsaturated/α-hetero) is 1. The SMILES string of the molecule is COc1cc(OC)c2c(c1Cl)OC1(C(=O)C=C(Nc3ccc4c(c3)C(=O)N(C)c3cccnc3S4)CC1C)C2=O. The van der Waals surface area contributed by atoms with Crippen LogP contribution in [-0.2, 0) is 4.79 Å². The van der Waals surface area contributed by atoms with Gasteiger partial charge in [0.2, 0.25) is 17.2 Å². The van der Waals surface area contributed by atoms with Crippen LogP contribution in [0, 0.1) is 5.92 Å². The number of ether oxygens (including phenoxy) is 3. The number of anilines is 2. The molecule has 40 heavy (non-hydrogen) atoms. The average molecular weight is 578 g/mol. The Labute approximate surface area is 239 Å². The molecule has 11 heteroatoms. The summed E-state index contributed by atoms with van der Waals surface area (Å²) in [4.78, 5) is 47.4. The molecule has 204 valence electrons. The van der Waals surface area contributed by atoms with Gasteiger partial charge < -0.3 is 24.4 Å². The van der Waals surface area contributed by atoms with Gasteiger partial charge in [-0.15, -0.1) is 0 Å². The zero-order valence-corrected chi connectivity index (χ0v) is 23.6. The number of ketones is 2. The number of hydrogen-bond acceptors (Lipinski definition) is 9. The molecule has 3 aliphatic rings. The number of aromatic nitrogens is 1. The molecule has 0 bridgehead atoms. The number of benzene rings is 2. The van der Waals surface area contributed by atoms with Crippen molar-refractivity contribution < 1.29 is 28.6 Å². The molecule has 2 unspecified atom stereocenters. The van der Waals surface area contributed by atoms with Crippen LogP contribution in [0.5, 0.6) is 17.2 Å². The predicted molar refractivity (Wildman–Crippen MR) is 150 cm³/mol. The molecule has 1 N–H and O–H groups in total. The number of carbonyl (C=O) groups excluding carboxylic acids is 3. The lowest BCUT2D eigenvalue weighted by atomic mass is 9.74. The number of fused-ring (bicyclic) bond motifs is 3. The van der Waals surface area contributed by atoms with E-state index in [0.717, 1.165) is 15.6 Å². The van der Waals surface area contributed by atoms with Crippen LogP contribution in [0.3, 0.4) is 0 Å². The molecule has 3 aromatic rings. The molecular weight excluding hydrogens is 554 g/mol. The third kappa shape index (κ3) is 3.77. The maximum atomic E-state index is 13.7. The maximum absolute atomic E-state index is 13.7. The number of methoxy groups -OCH3 is 2. The summed E-state index contributed by atoms with van der Waals surface area (Å²) in [5.41, 5.74) is 0.845. The molecule has 6 rings (SSSR count). The van der Waals surface area contributed by atoms with Gasteiger partial charge in [-0.25, -0.2) is 4.98 Å². The standard InChI is InChI=1S/C29H24ClN3O6S/c1-14-10-16(12-22(34)29(14)26(35)23-19(37-3)13-20(38-4)24(30)25(23)39-29)32-15-7-8-21-17(11-15)28(36)33(2)18-6-5-9-31-27(18)40-21/h5-9,11-14,32H,10H2,1-4H3. The lowest BCUT2D eigenvalue weighted by Crippen LogP contribution is -2.55. The molecule has 2 aromatic carbocycles. The monoisotopic (exact) mass is 577 g/mol. The number of nitrogens with one attached hydrogen (secondary N) is 1. The lowest BCUT2D eigenvalue weighted by molar-refractivity contribution is -0.129. The number of halogens is 1. The van der Waals surface area contributed by atoms with Crippen molar-refractivity contribution in [3.8, 4) is 17.2 Å². The Hall–Kier alpha value is -4.02. The van der Waals surface area contributed by atoms with E-state index in [2.05, 4.69) is 10.3 Å². The molecule has 1 aliphatic carbocycles. The zero-order valence-electron chi connectivity index (χ0n) is 22.0. The molecule has 1 spiro atoms. The van der Waals surface area contributed by atoms with E-state index < -0.39 is 23.1 Å². The minimum Gasteiger partial charge on any atom is -0.496 e. The van der Waals surface area contributed by atoms with Gasteiger partial charge in [-0.3, -0.25) is 14.4 Å². The van der Waals surface area contributed by atoms with E-state index in [9.17, 15) is 14.4 Å². The minimum atomic E-state index is -1.77. The Bertz CT molecular complexity index is 1660. The van der Waals surface area contributed by atoms with Gasteiger partial charge in [0.15, 0.2) is 5.75 Å². The Morgan fingerprint density at radius 1 is 1.15 bits per heavy atom. The van der Waals surface area contributed by atoms with Crippen LogP contribution < -0.4 is 24.4 Å². The first-order chi connectivity index (χ1) is 19.2. The van der Waals surface area contributed by atoms with Gasteiger partial charge in [0.25, 0.3) is 5.91 Å². The molecular formula is C29H24ClN3O6S. The van der Waals surface area contributed by atoms with Crippen molar-refractivity contribution in [1.29, 1.82) is 0 Å². The molecule has 0 saturated carbocycles. The number of allylic oxidation sites excluding steroid dienone is 1. The van der Waals surface area contributed by atoms with Gasteiger partial charge in [-0.05, 0) is 36.8 Å². The van der Waals surface area contributed by atoms with Crippen LogP contribution >= 0.6 is 23.4 Å². The summed E-state index contributed by atoms with van der Waals surface area (Å²) in [7, 11) is 4.58. The Kier molecular flexibility index (Phi) is 6.27. The topological polar surface area (TPSA) is 107 Å². The summed E-state index contributed by atoms with van der Waals surface area (Å²) in [6, 6.07) is 10.6. The Morgan fingerprint density at radius 2 is 1.93 bits per heavy atom. The van der Waals surface area contributed by atoms with Gasteiger partial charge in [-0.2, -0.15) is 0 Å². The molecule has 2 aliphatic heterocycles. The van der Waals surface area contributed by atoms with Gasteiger partial charge in [0.05, 0.1) is 25.5 Å². The first kappa shape index (κ1) is 26.2. The second kappa shape index (κ2) is 9.57. The summed E-state index contributed by atoms with van der Waals surface area (Å²) >= 11 is 7.90. The number of amides is 1. The molecule has 0 fully saturated rings. The summed E-state index contributed by atoms with van der Waals surface area (Å²) in [6.45, 7) is 1.78. The lowest BCUT2D eigenvalue weighted by Gasteiger charge is -2.35. The average Bonchev–Trinajstić information content (AvgIpc) is 3.22. The second-order valence-electron chi connectivity index (χ2n) is 9.73. The summed E-state index contributed by atoms with van der Waals surface area (Å²) < 4.78 is 16.8. The van der Waals surface area contributed by atoms with E-state index in [1.54, 1.807) is 37.2 Å². The Morgan fingerprint density at radius 3 is 2.65 bits per heavy atom. The zero-order chi connectivity index (χ0) is 28.3. The predicted octanol–water partition coefficient (Wildman–Crippen LogP) is 5.41. The summed E-state index contributed by atoms with van der Waals surface area (Å²) in [6.07, 6.45) is 3.41. The first-order valence-electron chi connectivity index (χ1n) is 12.4. The van der Waals surface area contributed by atoms with Crippen LogP contribution in [0.1, 0.15) is 34.1 Å². The third-order valence-electron chi connectivity index (χ3n) is 7.45. The van der Waals surface area contributed by atoms with Gasteiger partial charge in [0, 0.05) is 47.6 Å². The van der Waals surface area contributed by atoms with E-state index in [4.69, 9.17) is 25.8 Å². The normalized spacial score (nSPS) is 21.2. The van der Waals surface area contributed by atoms with E-state index in [-0.39, 0.29) is 33.7 Å².